The van der Waals surface area contributed by atoms with Crippen molar-refractivity contribution in [2.24, 2.45) is 4.99 Å². The van der Waals surface area contributed by atoms with Crippen LogP contribution in [0, 0.1) is 6.92 Å². The molecule has 0 bridgehead atoms. The van der Waals surface area contributed by atoms with Gasteiger partial charge in [0.05, 0.1) is 0 Å². The van der Waals surface area contributed by atoms with Gasteiger partial charge in [-0.1, -0.05) is 48.5 Å². The molecule has 0 unspecified atom stereocenters. The summed E-state index contributed by atoms with van der Waals surface area (Å²) in [7, 11) is 1.81. The second kappa shape index (κ2) is 8.38. The molecule has 0 aliphatic carbocycles. The first kappa shape index (κ1) is 17.1. The fraction of sp³-hybridized carbons (Fsp3) is 0.286. The molecule has 3 N–H and O–H groups in total. The quantitative estimate of drug-likeness (QED) is 0.478. The molecule has 0 spiro atoms. The van der Waals surface area contributed by atoms with Gasteiger partial charge in [0, 0.05) is 36.7 Å². The Hall–Kier alpha value is -2.75. The minimum absolute atomic E-state index is 0.855. The number of H-pyrrole nitrogens is 1. The van der Waals surface area contributed by atoms with Gasteiger partial charge in [-0.15, -0.1) is 0 Å². The van der Waals surface area contributed by atoms with Crippen molar-refractivity contribution < 1.29 is 0 Å². The number of aryl methyl sites for hydroxylation is 1. The first-order valence-corrected chi connectivity index (χ1v) is 8.82. The smallest absolute Gasteiger partial charge is 0.190 e. The monoisotopic (exact) mass is 334 g/mol. The third kappa shape index (κ3) is 4.41. The van der Waals surface area contributed by atoms with Crippen LogP contribution in [-0.4, -0.2) is 31.1 Å². The number of aromatic nitrogens is 1. The molecule has 1 heterocycles. The molecule has 3 rings (SSSR count). The Morgan fingerprint density at radius 1 is 0.920 bits per heavy atom. The fourth-order valence-electron chi connectivity index (χ4n) is 3.15. The highest BCUT2D eigenvalue weighted by Crippen LogP contribution is 2.21. The van der Waals surface area contributed by atoms with E-state index in [9.17, 15) is 0 Å². The maximum atomic E-state index is 4.31. The molecule has 0 saturated heterocycles. The van der Waals surface area contributed by atoms with E-state index >= 15 is 0 Å². The Balaban J connectivity index is 1.49. The molecular formula is C21H26N4. The number of benzene rings is 2. The Labute approximate surface area is 149 Å². The van der Waals surface area contributed by atoms with E-state index in [2.05, 4.69) is 76.1 Å². The molecule has 3 aromatic rings. The van der Waals surface area contributed by atoms with Crippen LogP contribution in [-0.2, 0) is 12.8 Å². The lowest BCUT2D eigenvalue weighted by molar-refractivity contribution is 0.784. The van der Waals surface area contributed by atoms with Gasteiger partial charge >= 0.3 is 0 Å². The van der Waals surface area contributed by atoms with Crippen LogP contribution in [0.1, 0.15) is 16.8 Å². The number of nitrogens with one attached hydrogen (secondary N) is 3. The lowest BCUT2D eigenvalue weighted by Gasteiger charge is -2.12. The number of rotatable bonds is 6. The van der Waals surface area contributed by atoms with Crippen LogP contribution in [0.4, 0.5) is 0 Å². The lowest BCUT2D eigenvalue weighted by Crippen LogP contribution is -2.39. The summed E-state index contributed by atoms with van der Waals surface area (Å²) in [5, 5.41) is 8.11. The second-order valence-corrected chi connectivity index (χ2v) is 6.19. The first-order chi connectivity index (χ1) is 12.3. The number of hydrogen-bond acceptors (Lipinski definition) is 1. The van der Waals surface area contributed by atoms with Gasteiger partial charge < -0.3 is 15.6 Å². The van der Waals surface area contributed by atoms with Crippen molar-refractivity contribution in [1.29, 1.82) is 0 Å². The van der Waals surface area contributed by atoms with E-state index in [0.29, 0.717) is 0 Å². The zero-order valence-electron chi connectivity index (χ0n) is 15.0. The molecule has 4 heteroatoms. The minimum Gasteiger partial charge on any atom is -0.358 e. The van der Waals surface area contributed by atoms with Crippen LogP contribution in [0.2, 0.25) is 0 Å². The third-order valence-corrected chi connectivity index (χ3v) is 4.47. The topological polar surface area (TPSA) is 52.2 Å². The zero-order valence-corrected chi connectivity index (χ0v) is 15.0. The summed E-state index contributed by atoms with van der Waals surface area (Å²) >= 11 is 0. The molecule has 0 amide bonds. The number of para-hydroxylation sites is 1. The van der Waals surface area contributed by atoms with E-state index in [-0.39, 0.29) is 0 Å². The summed E-state index contributed by atoms with van der Waals surface area (Å²) in [6.07, 6.45) is 1.96. The molecule has 0 atom stereocenters. The van der Waals surface area contributed by atoms with Crippen molar-refractivity contribution in [2.75, 3.05) is 20.1 Å². The normalized spacial score (nSPS) is 11.7. The van der Waals surface area contributed by atoms with Gasteiger partial charge in [0.1, 0.15) is 0 Å². The maximum Gasteiger partial charge on any atom is 0.190 e. The molecule has 1 aromatic heterocycles. The average molecular weight is 334 g/mol. The Kier molecular flexibility index (Phi) is 5.73. The van der Waals surface area contributed by atoms with Crippen molar-refractivity contribution in [3.05, 3.63) is 71.4 Å². The van der Waals surface area contributed by atoms with Crippen molar-refractivity contribution in [3.8, 4) is 0 Å². The van der Waals surface area contributed by atoms with E-state index in [4.69, 9.17) is 0 Å². The predicted molar refractivity (Wildman–Crippen MR) is 106 cm³/mol. The maximum absolute atomic E-state index is 4.31. The summed E-state index contributed by atoms with van der Waals surface area (Å²) in [6, 6.07) is 19.0. The molecule has 25 heavy (non-hydrogen) atoms. The van der Waals surface area contributed by atoms with E-state index in [1.165, 1.54) is 27.7 Å². The SMILES string of the molecule is CN=C(NCCc1ccccc1)NCCc1c(C)[nH]c2ccccc12. The molecule has 4 nitrogen and oxygen atoms in total. The number of aliphatic imine (C=N–C) groups is 1. The van der Waals surface area contributed by atoms with Crippen LogP contribution in [0.3, 0.4) is 0 Å². The van der Waals surface area contributed by atoms with E-state index in [0.717, 1.165) is 31.9 Å². The van der Waals surface area contributed by atoms with E-state index < -0.39 is 0 Å². The Morgan fingerprint density at radius 3 is 2.36 bits per heavy atom. The predicted octanol–water partition coefficient (Wildman–Crippen LogP) is 3.43. The van der Waals surface area contributed by atoms with Crippen molar-refractivity contribution in [2.45, 2.75) is 19.8 Å². The average Bonchev–Trinajstić information content (AvgIpc) is 2.97. The summed E-state index contributed by atoms with van der Waals surface area (Å²) in [5.41, 5.74) is 5.16. The molecule has 0 aliphatic rings. The Morgan fingerprint density at radius 2 is 1.60 bits per heavy atom. The van der Waals surface area contributed by atoms with Crippen molar-refractivity contribution in [3.63, 3.8) is 0 Å². The molecule has 0 radical (unpaired) electrons. The first-order valence-electron chi connectivity index (χ1n) is 8.82. The standard InChI is InChI=1S/C21H26N4/c1-16-18(19-10-6-7-11-20(19)25-16)13-15-24-21(22-2)23-14-12-17-8-4-3-5-9-17/h3-11,25H,12-15H2,1-2H3,(H2,22,23,24). The van der Waals surface area contributed by atoms with Gasteiger partial charge in [0.15, 0.2) is 5.96 Å². The fourth-order valence-corrected chi connectivity index (χ4v) is 3.15. The zero-order chi connectivity index (χ0) is 17.5. The van der Waals surface area contributed by atoms with Gasteiger partial charge in [-0.05, 0) is 37.0 Å². The van der Waals surface area contributed by atoms with Crippen LogP contribution < -0.4 is 10.6 Å². The molecule has 2 aromatic carbocycles. The molecule has 0 saturated carbocycles. The summed E-state index contributed by atoms with van der Waals surface area (Å²) in [6.45, 7) is 3.87. The van der Waals surface area contributed by atoms with E-state index in [1.54, 1.807) is 0 Å². The highest BCUT2D eigenvalue weighted by Gasteiger charge is 2.07. The third-order valence-electron chi connectivity index (χ3n) is 4.47. The Bertz CT molecular complexity index is 833. The van der Waals surface area contributed by atoms with Gasteiger partial charge in [0.25, 0.3) is 0 Å². The number of hydrogen-bond donors (Lipinski definition) is 3. The van der Waals surface area contributed by atoms with E-state index in [1.807, 2.05) is 13.1 Å². The van der Waals surface area contributed by atoms with Gasteiger partial charge in [-0.25, -0.2) is 0 Å². The highest BCUT2D eigenvalue weighted by atomic mass is 15.2. The second-order valence-electron chi connectivity index (χ2n) is 6.19. The largest absolute Gasteiger partial charge is 0.358 e. The molecule has 130 valence electrons. The van der Waals surface area contributed by atoms with Crippen LogP contribution in [0.25, 0.3) is 10.9 Å². The van der Waals surface area contributed by atoms with Crippen LogP contribution >= 0.6 is 0 Å². The van der Waals surface area contributed by atoms with Crippen LogP contribution in [0.15, 0.2) is 59.6 Å². The van der Waals surface area contributed by atoms with Gasteiger partial charge in [-0.2, -0.15) is 0 Å². The lowest BCUT2D eigenvalue weighted by atomic mass is 10.1. The summed E-state index contributed by atoms with van der Waals surface area (Å²) in [5.74, 6) is 0.855. The summed E-state index contributed by atoms with van der Waals surface area (Å²) in [4.78, 5) is 7.77. The number of nitrogens with zero attached hydrogens (tertiary/aromatic N) is 1. The number of guanidine groups is 1. The minimum atomic E-state index is 0.855. The number of fused-ring (bicyclic) bond motifs is 1. The van der Waals surface area contributed by atoms with Crippen LogP contribution in [0.5, 0.6) is 0 Å². The molecular weight excluding hydrogens is 308 g/mol. The molecule has 0 fully saturated rings. The van der Waals surface area contributed by atoms with Gasteiger partial charge in [-0.3, -0.25) is 4.99 Å². The molecule has 0 aliphatic heterocycles. The van der Waals surface area contributed by atoms with Crippen molar-refractivity contribution >= 4 is 16.9 Å². The highest BCUT2D eigenvalue weighted by molar-refractivity contribution is 5.84. The summed E-state index contributed by atoms with van der Waals surface area (Å²) < 4.78 is 0. The van der Waals surface area contributed by atoms with Crippen molar-refractivity contribution in [1.82, 2.24) is 15.6 Å². The van der Waals surface area contributed by atoms with Gasteiger partial charge in [0.2, 0.25) is 0 Å². The number of aromatic amines is 1.